The molecule has 1 saturated heterocycles. The first-order valence-electron chi connectivity index (χ1n) is 7.80. The molecule has 0 spiro atoms. The molecule has 0 aromatic heterocycles. The fraction of sp³-hybridized carbons (Fsp3) is 0.529. The van der Waals surface area contributed by atoms with E-state index < -0.39 is 0 Å². The number of halogens is 1. The second kappa shape index (κ2) is 6.64. The quantitative estimate of drug-likeness (QED) is 0.841. The Morgan fingerprint density at radius 2 is 2.05 bits per heavy atom. The molecule has 3 heteroatoms. The van der Waals surface area contributed by atoms with Crippen molar-refractivity contribution in [2.24, 2.45) is 5.92 Å². The van der Waals surface area contributed by atoms with Gasteiger partial charge in [0.2, 0.25) is 0 Å². The van der Waals surface area contributed by atoms with Crippen LogP contribution in [0.5, 0.6) is 0 Å². The number of rotatable bonds is 3. The highest BCUT2D eigenvalue weighted by Gasteiger charge is 2.23. The Labute approximate surface area is 127 Å². The third-order valence-electron chi connectivity index (χ3n) is 4.60. The Kier molecular flexibility index (Phi) is 4.64. The molecule has 2 aliphatic rings. The predicted molar refractivity (Wildman–Crippen MR) is 85.7 cm³/mol. The van der Waals surface area contributed by atoms with Gasteiger partial charge in [-0.2, -0.15) is 0 Å². The lowest BCUT2D eigenvalue weighted by Gasteiger charge is -2.35. The molecule has 0 unspecified atom stereocenters. The summed E-state index contributed by atoms with van der Waals surface area (Å²) < 4.78 is 0. The maximum Gasteiger partial charge on any atom is 0.0949 e. The number of piperazine rings is 1. The highest BCUT2D eigenvalue weighted by atomic mass is 35.5. The van der Waals surface area contributed by atoms with Crippen molar-refractivity contribution in [3.63, 3.8) is 0 Å². The van der Waals surface area contributed by atoms with E-state index in [9.17, 15) is 0 Å². The molecule has 1 aromatic carbocycles. The second-order valence-electron chi connectivity index (χ2n) is 6.07. The molecule has 1 heterocycles. The number of quaternary nitrogens is 1. The summed E-state index contributed by atoms with van der Waals surface area (Å²) >= 11 is 6.08. The van der Waals surface area contributed by atoms with Gasteiger partial charge in [-0.15, -0.1) is 0 Å². The predicted octanol–water partition coefficient (Wildman–Crippen LogP) is 2.40. The number of hydrogen-bond donors (Lipinski definition) is 1. The Bertz CT molecular complexity index is 464. The molecule has 108 valence electrons. The van der Waals surface area contributed by atoms with Gasteiger partial charge in [0.25, 0.3) is 0 Å². The highest BCUT2D eigenvalue weighted by Crippen LogP contribution is 2.19. The van der Waals surface area contributed by atoms with E-state index >= 15 is 0 Å². The Balaban J connectivity index is 1.50. The largest absolute Gasteiger partial charge is 0.360 e. The summed E-state index contributed by atoms with van der Waals surface area (Å²) in [6.07, 6.45) is 8.67. The van der Waals surface area contributed by atoms with Crippen molar-refractivity contribution in [1.29, 1.82) is 0 Å². The topological polar surface area (TPSA) is 7.68 Å². The Morgan fingerprint density at radius 3 is 2.75 bits per heavy atom. The SMILES string of the molecule is Clc1cccc(N2CC[NH+](C[C@@H]3CC=CCC3)CC2)c1. The van der Waals surface area contributed by atoms with Gasteiger partial charge in [0, 0.05) is 16.6 Å². The molecule has 0 radical (unpaired) electrons. The number of nitrogens with one attached hydrogen (secondary N) is 1. The summed E-state index contributed by atoms with van der Waals surface area (Å²) in [5.74, 6) is 0.910. The molecule has 1 aliphatic carbocycles. The zero-order chi connectivity index (χ0) is 13.8. The highest BCUT2D eigenvalue weighted by molar-refractivity contribution is 6.30. The van der Waals surface area contributed by atoms with Gasteiger partial charge in [-0.1, -0.05) is 29.8 Å². The van der Waals surface area contributed by atoms with E-state index in [1.807, 2.05) is 12.1 Å². The summed E-state index contributed by atoms with van der Waals surface area (Å²) in [5.41, 5.74) is 1.28. The van der Waals surface area contributed by atoms with E-state index in [0.717, 1.165) is 24.0 Å². The fourth-order valence-electron chi connectivity index (χ4n) is 3.41. The smallest absolute Gasteiger partial charge is 0.0949 e. The average Bonchev–Trinajstić information content (AvgIpc) is 2.49. The summed E-state index contributed by atoms with van der Waals surface area (Å²) in [7, 11) is 0. The van der Waals surface area contributed by atoms with Crippen molar-refractivity contribution in [2.45, 2.75) is 19.3 Å². The molecule has 1 N–H and O–H groups in total. The first kappa shape index (κ1) is 14.0. The van der Waals surface area contributed by atoms with Crippen LogP contribution in [0.4, 0.5) is 5.69 Å². The molecule has 0 amide bonds. The van der Waals surface area contributed by atoms with Gasteiger partial charge in [-0.05, 0) is 37.5 Å². The third kappa shape index (κ3) is 3.56. The number of anilines is 1. The van der Waals surface area contributed by atoms with Crippen LogP contribution in [0.25, 0.3) is 0 Å². The van der Waals surface area contributed by atoms with Gasteiger partial charge in [-0.25, -0.2) is 0 Å². The van der Waals surface area contributed by atoms with Crippen LogP contribution in [-0.2, 0) is 0 Å². The second-order valence-corrected chi connectivity index (χ2v) is 6.51. The van der Waals surface area contributed by atoms with E-state index in [4.69, 9.17) is 11.6 Å². The van der Waals surface area contributed by atoms with Gasteiger partial charge in [-0.3, -0.25) is 0 Å². The Morgan fingerprint density at radius 1 is 1.20 bits per heavy atom. The van der Waals surface area contributed by atoms with Crippen LogP contribution in [0.2, 0.25) is 5.02 Å². The molecule has 1 aromatic rings. The fourth-order valence-corrected chi connectivity index (χ4v) is 3.59. The minimum atomic E-state index is 0.839. The summed E-state index contributed by atoms with van der Waals surface area (Å²) in [4.78, 5) is 4.25. The van der Waals surface area contributed by atoms with Crippen molar-refractivity contribution < 1.29 is 4.90 Å². The molecule has 1 atom stereocenters. The van der Waals surface area contributed by atoms with Gasteiger partial charge in [0.1, 0.15) is 0 Å². The van der Waals surface area contributed by atoms with Crippen LogP contribution in [-0.4, -0.2) is 32.7 Å². The molecular formula is C17H24ClN2+. The van der Waals surface area contributed by atoms with E-state index in [2.05, 4.69) is 29.2 Å². The van der Waals surface area contributed by atoms with Gasteiger partial charge in [0.05, 0.1) is 32.7 Å². The van der Waals surface area contributed by atoms with Crippen LogP contribution in [0, 0.1) is 5.92 Å². The van der Waals surface area contributed by atoms with E-state index in [-0.39, 0.29) is 0 Å². The van der Waals surface area contributed by atoms with E-state index in [1.165, 1.54) is 44.6 Å². The normalized spacial score (nSPS) is 24.1. The lowest BCUT2D eigenvalue weighted by Crippen LogP contribution is -3.15. The number of nitrogens with zero attached hydrogens (tertiary/aromatic N) is 1. The van der Waals surface area contributed by atoms with Crippen LogP contribution >= 0.6 is 11.6 Å². The van der Waals surface area contributed by atoms with Gasteiger partial charge < -0.3 is 9.80 Å². The minimum absolute atomic E-state index is 0.839. The minimum Gasteiger partial charge on any atom is -0.360 e. The monoisotopic (exact) mass is 291 g/mol. The van der Waals surface area contributed by atoms with Gasteiger partial charge >= 0.3 is 0 Å². The number of allylic oxidation sites excluding steroid dienone is 2. The third-order valence-corrected chi connectivity index (χ3v) is 4.83. The molecule has 1 fully saturated rings. The molecule has 1 aliphatic heterocycles. The average molecular weight is 292 g/mol. The van der Waals surface area contributed by atoms with Crippen LogP contribution in [0.1, 0.15) is 19.3 Å². The Hall–Kier alpha value is -0.990. The van der Waals surface area contributed by atoms with Crippen LogP contribution in [0.3, 0.4) is 0 Å². The summed E-state index contributed by atoms with van der Waals surface area (Å²) in [6.45, 7) is 6.17. The standard InChI is InChI=1S/C17H23ClN2/c18-16-7-4-8-17(13-16)20-11-9-19(10-12-20)14-15-5-2-1-3-6-15/h1-2,4,7-8,13,15H,3,5-6,9-12,14H2/p+1/t15-/m1/s1. The molecule has 0 bridgehead atoms. The molecular weight excluding hydrogens is 268 g/mol. The van der Waals surface area contributed by atoms with Crippen molar-refractivity contribution in [2.75, 3.05) is 37.6 Å². The lowest BCUT2D eigenvalue weighted by atomic mass is 9.94. The lowest BCUT2D eigenvalue weighted by molar-refractivity contribution is -0.904. The summed E-state index contributed by atoms with van der Waals surface area (Å²) in [6, 6.07) is 8.25. The molecule has 3 rings (SSSR count). The maximum atomic E-state index is 6.08. The number of hydrogen-bond acceptors (Lipinski definition) is 1. The summed E-state index contributed by atoms with van der Waals surface area (Å²) in [5, 5.41) is 0.839. The van der Waals surface area contributed by atoms with Crippen LogP contribution < -0.4 is 9.80 Å². The first-order chi connectivity index (χ1) is 9.81. The zero-order valence-electron chi connectivity index (χ0n) is 12.0. The van der Waals surface area contributed by atoms with Crippen LogP contribution in [0.15, 0.2) is 36.4 Å². The van der Waals surface area contributed by atoms with Gasteiger partial charge in [0.15, 0.2) is 0 Å². The molecule has 0 saturated carbocycles. The molecule has 20 heavy (non-hydrogen) atoms. The first-order valence-corrected chi connectivity index (χ1v) is 8.18. The van der Waals surface area contributed by atoms with Crippen molar-refractivity contribution in [3.8, 4) is 0 Å². The maximum absolute atomic E-state index is 6.08. The zero-order valence-corrected chi connectivity index (χ0v) is 12.8. The molecule has 2 nitrogen and oxygen atoms in total. The van der Waals surface area contributed by atoms with Crippen molar-refractivity contribution in [1.82, 2.24) is 0 Å². The van der Waals surface area contributed by atoms with E-state index in [1.54, 1.807) is 4.90 Å². The van der Waals surface area contributed by atoms with Crippen molar-refractivity contribution in [3.05, 3.63) is 41.4 Å². The number of benzene rings is 1. The van der Waals surface area contributed by atoms with E-state index in [0.29, 0.717) is 0 Å². The van der Waals surface area contributed by atoms with Crippen molar-refractivity contribution >= 4 is 17.3 Å².